The first kappa shape index (κ1) is 13.7. The molecule has 0 aliphatic carbocycles. The van der Waals surface area contributed by atoms with Crippen LogP contribution < -0.4 is 10.2 Å². The summed E-state index contributed by atoms with van der Waals surface area (Å²) >= 11 is 3.29. The van der Waals surface area contributed by atoms with Crippen molar-refractivity contribution in [2.75, 3.05) is 4.90 Å². The molecule has 1 fully saturated rings. The largest absolute Gasteiger partial charge is 0.335 e. The highest BCUT2D eigenvalue weighted by Crippen LogP contribution is 2.25. The third-order valence-corrected chi connectivity index (χ3v) is 3.48. The Hall–Kier alpha value is -1.69. The molecule has 19 heavy (non-hydrogen) atoms. The van der Waals surface area contributed by atoms with Crippen LogP contribution in [-0.2, 0) is 9.59 Å². The lowest BCUT2D eigenvalue weighted by Crippen LogP contribution is -2.59. The fourth-order valence-corrected chi connectivity index (χ4v) is 2.28. The van der Waals surface area contributed by atoms with E-state index in [1.54, 1.807) is 38.1 Å². The van der Waals surface area contributed by atoms with Gasteiger partial charge in [-0.1, -0.05) is 29.8 Å². The fourth-order valence-electron chi connectivity index (χ4n) is 2.01. The van der Waals surface area contributed by atoms with E-state index in [0.29, 0.717) is 5.69 Å². The van der Waals surface area contributed by atoms with Gasteiger partial charge in [-0.15, -0.1) is 0 Å². The zero-order valence-electron chi connectivity index (χ0n) is 10.5. The van der Waals surface area contributed by atoms with E-state index in [-0.39, 0.29) is 5.92 Å². The van der Waals surface area contributed by atoms with Crippen LogP contribution in [0.3, 0.4) is 0 Å². The predicted molar refractivity (Wildman–Crippen MR) is 73.5 cm³/mol. The van der Waals surface area contributed by atoms with E-state index in [1.807, 2.05) is 0 Å². The quantitative estimate of drug-likeness (QED) is 0.849. The van der Waals surface area contributed by atoms with Gasteiger partial charge < -0.3 is 0 Å². The first-order chi connectivity index (χ1) is 8.91. The maximum atomic E-state index is 12.3. The topological polar surface area (TPSA) is 66.5 Å². The minimum absolute atomic E-state index is 0.168. The normalized spacial score (nSPS) is 19.9. The second kappa shape index (κ2) is 5.13. The summed E-state index contributed by atoms with van der Waals surface area (Å²) in [7, 11) is 0. The number of urea groups is 1. The van der Waals surface area contributed by atoms with Gasteiger partial charge in [0.2, 0.25) is 11.8 Å². The molecule has 0 saturated carbocycles. The van der Waals surface area contributed by atoms with Gasteiger partial charge in [0.1, 0.15) is 5.92 Å². The van der Waals surface area contributed by atoms with Crippen LogP contribution in [0.4, 0.5) is 10.5 Å². The maximum Gasteiger partial charge on any atom is 0.335 e. The van der Waals surface area contributed by atoms with Crippen molar-refractivity contribution in [3.8, 4) is 0 Å². The summed E-state index contributed by atoms with van der Waals surface area (Å²) in [5, 5.41) is 2.22. The molecule has 5 nitrogen and oxygen atoms in total. The molecule has 0 bridgehead atoms. The lowest BCUT2D eigenvalue weighted by molar-refractivity contribution is -0.136. The molecule has 4 amide bonds. The van der Waals surface area contributed by atoms with Gasteiger partial charge in [-0.2, -0.15) is 0 Å². The minimum Gasteiger partial charge on any atom is -0.277 e. The first-order valence-electron chi connectivity index (χ1n) is 5.86. The van der Waals surface area contributed by atoms with Gasteiger partial charge in [-0.25, -0.2) is 9.69 Å². The third kappa shape index (κ3) is 2.53. The van der Waals surface area contributed by atoms with E-state index in [2.05, 4.69) is 21.2 Å². The number of hydrogen-bond donors (Lipinski definition) is 1. The van der Waals surface area contributed by atoms with Crippen LogP contribution >= 0.6 is 15.9 Å². The van der Waals surface area contributed by atoms with Crippen LogP contribution in [0.15, 0.2) is 28.7 Å². The van der Waals surface area contributed by atoms with Crippen LogP contribution in [-0.4, -0.2) is 17.8 Å². The summed E-state index contributed by atoms with van der Waals surface area (Å²) in [5.41, 5.74) is 0.448. The van der Waals surface area contributed by atoms with Crippen LogP contribution in [0.25, 0.3) is 0 Å². The van der Waals surface area contributed by atoms with E-state index < -0.39 is 23.8 Å². The lowest BCUT2D eigenvalue weighted by atomic mass is 9.92. The SMILES string of the molecule is CC(C)C1C(=O)NC(=O)N(c2ccc(Br)cc2)C1=O. The number of amides is 4. The maximum absolute atomic E-state index is 12.3. The number of carbonyl (C=O) groups excluding carboxylic acids is 3. The molecule has 1 heterocycles. The molecule has 1 N–H and O–H groups in total. The van der Waals surface area contributed by atoms with Gasteiger partial charge >= 0.3 is 6.03 Å². The number of barbiturate groups is 1. The van der Waals surface area contributed by atoms with E-state index in [9.17, 15) is 14.4 Å². The Bertz CT molecular complexity index is 539. The Labute approximate surface area is 119 Å². The summed E-state index contributed by atoms with van der Waals surface area (Å²) in [6, 6.07) is 6.06. The molecule has 2 rings (SSSR count). The van der Waals surface area contributed by atoms with Crippen molar-refractivity contribution in [2.45, 2.75) is 13.8 Å². The summed E-state index contributed by atoms with van der Waals surface area (Å²) in [4.78, 5) is 36.8. The molecular formula is C13H13BrN2O3. The van der Waals surface area contributed by atoms with Gasteiger partial charge in [0.15, 0.2) is 0 Å². The zero-order chi connectivity index (χ0) is 14.2. The summed E-state index contributed by atoms with van der Waals surface area (Å²) in [6.07, 6.45) is 0. The van der Waals surface area contributed by atoms with Gasteiger partial charge in [0, 0.05) is 4.47 Å². The molecule has 1 aromatic rings. The van der Waals surface area contributed by atoms with Gasteiger partial charge in [0.05, 0.1) is 5.69 Å². The highest BCUT2D eigenvalue weighted by molar-refractivity contribution is 9.10. The zero-order valence-corrected chi connectivity index (χ0v) is 12.1. The standard InChI is InChI=1S/C13H13BrN2O3/c1-7(2)10-11(17)15-13(19)16(12(10)18)9-5-3-8(14)4-6-9/h3-7,10H,1-2H3,(H,15,17,19). The van der Waals surface area contributed by atoms with Crippen LogP contribution in [0.1, 0.15) is 13.8 Å². The summed E-state index contributed by atoms with van der Waals surface area (Å²) in [5.74, 6) is -2.01. The molecule has 1 unspecified atom stereocenters. The minimum atomic E-state index is -0.832. The number of nitrogens with one attached hydrogen (secondary N) is 1. The molecular weight excluding hydrogens is 312 g/mol. The second-order valence-corrected chi connectivity index (χ2v) is 5.58. The smallest absolute Gasteiger partial charge is 0.277 e. The van der Waals surface area contributed by atoms with Crippen molar-refractivity contribution in [1.29, 1.82) is 0 Å². The van der Waals surface area contributed by atoms with E-state index in [1.165, 1.54) is 0 Å². The molecule has 0 aromatic heterocycles. The van der Waals surface area contributed by atoms with Crippen molar-refractivity contribution in [2.24, 2.45) is 11.8 Å². The number of nitrogens with zero attached hydrogens (tertiary/aromatic N) is 1. The third-order valence-electron chi connectivity index (χ3n) is 2.95. The number of anilines is 1. The number of imide groups is 2. The monoisotopic (exact) mass is 324 g/mol. The molecule has 0 radical (unpaired) electrons. The highest BCUT2D eigenvalue weighted by Gasteiger charge is 2.42. The Kier molecular flexibility index (Phi) is 3.71. The number of hydrogen-bond acceptors (Lipinski definition) is 3. The van der Waals surface area contributed by atoms with Gasteiger partial charge in [-0.05, 0) is 30.2 Å². The van der Waals surface area contributed by atoms with Crippen molar-refractivity contribution in [3.05, 3.63) is 28.7 Å². The van der Waals surface area contributed by atoms with Crippen LogP contribution in [0.5, 0.6) is 0 Å². The highest BCUT2D eigenvalue weighted by atomic mass is 79.9. The Morgan fingerprint density at radius 1 is 1.16 bits per heavy atom. The molecule has 100 valence electrons. The van der Waals surface area contributed by atoms with Crippen LogP contribution in [0, 0.1) is 11.8 Å². The molecule has 6 heteroatoms. The lowest BCUT2D eigenvalue weighted by Gasteiger charge is -2.31. The van der Waals surface area contributed by atoms with Gasteiger partial charge in [0.25, 0.3) is 0 Å². The summed E-state index contributed by atoms with van der Waals surface area (Å²) in [6.45, 7) is 3.55. The van der Waals surface area contributed by atoms with Crippen molar-refractivity contribution >= 4 is 39.5 Å². The molecule has 1 saturated heterocycles. The second-order valence-electron chi connectivity index (χ2n) is 4.67. The average molecular weight is 325 g/mol. The first-order valence-corrected chi connectivity index (χ1v) is 6.65. The van der Waals surface area contributed by atoms with E-state index in [0.717, 1.165) is 9.37 Å². The average Bonchev–Trinajstić information content (AvgIpc) is 2.30. The number of carbonyl (C=O) groups is 3. The van der Waals surface area contributed by atoms with Crippen molar-refractivity contribution in [3.63, 3.8) is 0 Å². The van der Waals surface area contributed by atoms with Crippen molar-refractivity contribution < 1.29 is 14.4 Å². The number of halogens is 1. The molecule has 1 aliphatic heterocycles. The number of rotatable bonds is 2. The van der Waals surface area contributed by atoms with E-state index >= 15 is 0 Å². The molecule has 1 aliphatic rings. The predicted octanol–water partition coefficient (Wildman–Crippen LogP) is 2.30. The van der Waals surface area contributed by atoms with Crippen molar-refractivity contribution in [1.82, 2.24) is 5.32 Å². The molecule has 1 aromatic carbocycles. The Morgan fingerprint density at radius 2 is 1.74 bits per heavy atom. The fraction of sp³-hybridized carbons (Fsp3) is 0.308. The van der Waals surface area contributed by atoms with Gasteiger partial charge in [-0.3, -0.25) is 14.9 Å². The number of benzene rings is 1. The van der Waals surface area contributed by atoms with E-state index in [4.69, 9.17) is 0 Å². The Morgan fingerprint density at radius 3 is 2.26 bits per heavy atom. The summed E-state index contributed by atoms with van der Waals surface area (Å²) < 4.78 is 0.845. The molecule has 0 spiro atoms. The Balaban J connectivity index is 2.38. The van der Waals surface area contributed by atoms with Crippen LogP contribution in [0.2, 0.25) is 0 Å². The molecule has 1 atom stereocenters.